The molecule has 0 spiro atoms. The SMILES string of the molecule is CCC(NC)c1ccc(Oc2cccc(C#N)c2)cc1. The summed E-state index contributed by atoms with van der Waals surface area (Å²) in [5, 5.41) is 12.1. The first kappa shape index (κ1) is 14.1. The third-order valence-electron chi connectivity index (χ3n) is 3.24. The van der Waals surface area contributed by atoms with E-state index < -0.39 is 0 Å². The van der Waals surface area contributed by atoms with E-state index in [9.17, 15) is 0 Å². The van der Waals surface area contributed by atoms with Crippen LogP contribution in [0.3, 0.4) is 0 Å². The lowest BCUT2D eigenvalue weighted by Crippen LogP contribution is -2.14. The fourth-order valence-corrected chi connectivity index (χ4v) is 2.14. The Hall–Kier alpha value is -2.31. The lowest BCUT2D eigenvalue weighted by Gasteiger charge is -2.14. The maximum atomic E-state index is 8.87. The smallest absolute Gasteiger partial charge is 0.128 e. The van der Waals surface area contributed by atoms with Gasteiger partial charge in [0.25, 0.3) is 0 Å². The molecule has 3 nitrogen and oxygen atoms in total. The van der Waals surface area contributed by atoms with Crippen LogP contribution in [0.4, 0.5) is 0 Å². The lowest BCUT2D eigenvalue weighted by atomic mass is 10.0. The van der Waals surface area contributed by atoms with E-state index in [0.29, 0.717) is 17.4 Å². The van der Waals surface area contributed by atoms with Crippen LogP contribution >= 0.6 is 0 Å². The van der Waals surface area contributed by atoms with Gasteiger partial charge in [0.2, 0.25) is 0 Å². The molecule has 0 radical (unpaired) electrons. The van der Waals surface area contributed by atoms with E-state index in [-0.39, 0.29) is 0 Å². The summed E-state index contributed by atoms with van der Waals surface area (Å²) in [5.41, 5.74) is 1.84. The average molecular weight is 266 g/mol. The third kappa shape index (κ3) is 3.37. The highest BCUT2D eigenvalue weighted by atomic mass is 16.5. The Morgan fingerprint density at radius 2 is 1.90 bits per heavy atom. The Labute approximate surface area is 119 Å². The van der Waals surface area contributed by atoms with Crippen molar-refractivity contribution in [1.29, 1.82) is 5.26 Å². The molecule has 0 bridgehead atoms. The molecular formula is C17H18N2O. The summed E-state index contributed by atoms with van der Waals surface area (Å²) in [4.78, 5) is 0. The van der Waals surface area contributed by atoms with E-state index in [1.54, 1.807) is 12.1 Å². The van der Waals surface area contributed by atoms with Crippen LogP contribution in [0.2, 0.25) is 0 Å². The monoisotopic (exact) mass is 266 g/mol. The van der Waals surface area contributed by atoms with Gasteiger partial charge in [-0.2, -0.15) is 5.26 Å². The number of nitrogens with zero attached hydrogens (tertiary/aromatic N) is 1. The second-order valence-corrected chi connectivity index (χ2v) is 4.56. The van der Waals surface area contributed by atoms with Crippen molar-refractivity contribution in [2.24, 2.45) is 0 Å². The fraction of sp³-hybridized carbons (Fsp3) is 0.235. The molecule has 0 amide bonds. The quantitative estimate of drug-likeness (QED) is 0.889. The van der Waals surface area contributed by atoms with Gasteiger partial charge in [0.1, 0.15) is 11.5 Å². The van der Waals surface area contributed by atoms with Gasteiger partial charge >= 0.3 is 0 Å². The second-order valence-electron chi connectivity index (χ2n) is 4.56. The van der Waals surface area contributed by atoms with Crippen LogP contribution in [0.25, 0.3) is 0 Å². The highest BCUT2D eigenvalue weighted by Crippen LogP contribution is 2.24. The van der Waals surface area contributed by atoms with Crippen LogP contribution in [0.15, 0.2) is 48.5 Å². The molecule has 1 unspecified atom stereocenters. The molecule has 2 aromatic carbocycles. The number of benzene rings is 2. The van der Waals surface area contributed by atoms with Crippen LogP contribution < -0.4 is 10.1 Å². The van der Waals surface area contributed by atoms with E-state index in [0.717, 1.165) is 12.2 Å². The van der Waals surface area contributed by atoms with Crippen molar-refractivity contribution in [3.05, 3.63) is 59.7 Å². The minimum absolute atomic E-state index is 0.367. The summed E-state index contributed by atoms with van der Waals surface area (Å²) >= 11 is 0. The van der Waals surface area contributed by atoms with Crippen molar-refractivity contribution in [1.82, 2.24) is 5.32 Å². The number of nitriles is 1. The van der Waals surface area contributed by atoms with Gasteiger partial charge in [0.05, 0.1) is 11.6 Å². The largest absolute Gasteiger partial charge is 0.457 e. The minimum atomic E-state index is 0.367. The standard InChI is InChI=1S/C17H18N2O/c1-3-17(19-2)14-7-9-15(10-8-14)20-16-6-4-5-13(11-16)12-18/h4-11,17,19H,3H2,1-2H3. The predicted molar refractivity (Wildman–Crippen MR) is 79.8 cm³/mol. The highest BCUT2D eigenvalue weighted by molar-refractivity contribution is 5.39. The minimum Gasteiger partial charge on any atom is -0.457 e. The van der Waals surface area contributed by atoms with Gasteiger partial charge in [-0.1, -0.05) is 25.1 Å². The van der Waals surface area contributed by atoms with Gasteiger partial charge in [-0.3, -0.25) is 0 Å². The van der Waals surface area contributed by atoms with E-state index in [4.69, 9.17) is 10.00 Å². The highest BCUT2D eigenvalue weighted by Gasteiger charge is 2.06. The topological polar surface area (TPSA) is 45.0 Å². The van der Waals surface area contributed by atoms with E-state index in [2.05, 4.69) is 30.4 Å². The molecule has 0 fully saturated rings. The number of hydrogen-bond acceptors (Lipinski definition) is 3. The number of ether oxygens (including phenoxy) is 1. The molecule has 1 atom stereocenters. The zero-order chi connectivity index (χ0) is 14.4. The molecule has 0 aliphatic heterocycles. The van der Waals surface area contributed by atoms with Gasteiger partial charge in [-0.05, 0) is 49.4 Å². The van der Waals surface area contributed by atoms with Crippen LogP contribution in [0.5, 0.6) is 11.5 Å². The first-order chi connectivity index (χ1) is 9.76. The zero-order valence-corrected chi connectivity index (χ0v) is 11.8. The molecule has 0 heterocycles. The zero-order valence-electron chi connectivity index (χ0n) is 11.8. The van der Waals surface area contributed by atoms with Crippen molar-refractivity contribution in [3.8, 4) is 17.6 Å². The number of rotatable bonds is 5. The predicted octanol–water partition coefficient (Wildman–Crippen LogP) is 4.02. The van der Waals surface area contributed by atoms with Crippen LogP contribution in [0.1, 0.15) is 30.5 Å². The van der Waals surface area contributed by atoms with E-state index in [1.807, 2.05) is 31.3 Å². The summed E-state index contributed by atoms with van der Waals surface area (Å²) in [6, 6.07) is 17.7. The molecule has 0 saturated carbocycles. The van der Waals surface area contributed by atoms with Crippen molar-refractivity contribution < 1.29 is 4.74 Å². The van der Waals surface area contributed by atoms with Crippen molar-refractivity contribution in [2.75, 3.05) is 7.05 Å². The summed E-state index contributed by atoms with van der Waals surface area (Å²) in [6.45, 7) is 2.15. The molecule has 20 heavy (non-hydrogen) atoms. The Morgan fingerprint density at radius 3 is 2.50 bits per heavy atom. The molecule has 2 rings (SSSR count). The van der Waals surface area contributed by atoms with Gasteiger partial charge in [0, 0.05) is 6.04 Å². The van der Waals surface area contributed by atoms with Crippen LogP contribution in [0, 0.1) is 11.3 Å². The Balaban J connectivity index is 2.12. The van der Waals surface area contributed by atoms with Crippen molar-refractivity contribution in [2.45, 2.75) is 19.4 Å². The average Bonchev–Trinajstić information content (AvgIpc) is 2.50. The molecule has 0 aliphatic carbocycles. The normalized spacial score (nSPS) is 11.7. The first-order valence-corrected chi connectivity index (χ1v) is 6.72. The van der Waals surface area contributed by atoms with Crippen LogP contribution in [-0.4, -0.2) is 7.05 Å². The number of hydrogen-bond donors (Lipinski definition) is 1. The van der Waals surface area contributed by atoms with Gasteiger partial charge in [-0.15, -0.1) is 0 Å². The summed E-state index contributed by atoms with van der Waals surface area (Å²) in [6.07, 6.45) is 1.04. The molecule has 0 aromatic heterocycles. The molecule has 0 saturated heterocycles. The van der Waals surface area contributed by atoms with Crippen molar-refractivity contribution in [3.63, 3.8) is 0 Å². The van der Waals surface area contributed by atoms with E-state index in [1.165, 1.54) is 5.56 Å². The Kier molecular flexibility index (Phi) is 4.75. The maximum absolute atomic E-state index is 8.87. The Bertz CT molecular complexity index is 595. The molecule has 1 N–H and O–H groups in total. The summed E-state index contributed by atoms with van der Waals surface area (Å²) in [7, 11) is 1.96. The molecular weight excluding hydrogens is 248 g/mol. The second kappa shape index (κ2) is 6.74. The number of nitrogens with one attached hydrogen (secondary N) is 1. The maximum Gasteiger partial charge on any atom is 0.128 e. The van der Waals surface area contributed by atoms with Gasteiger partial charge < -0.3 is 10.1 Å². The molecule has 102 valence electrons. The summed E-state index contributed by atoms with van der Waals surface area (Å²) < 4.78 is 5.75. The molecule has 3 heteroatoms. The van der Waals surface area contributed by atoms with Crippen molar-refractivity contribution >= 4 is 0 Å². The summed E-state index contributed by atoms with van der Waals surface area (Å²) in [5.74, 6) is 1.45. The van der Waals surface area contributed by atoms with E-state index >= 15 is 0 Å². The Morgan fingerprint density at radius 1 is 1.15 bits per heavy atom. The third-order valence-corrected chi connectivity index (χ3v) is 3.24. The lowest BCUT2D eigenvalue weighted by molar-refractivity contribution is 0.481. The first-order valence-electron chi connectivity index (χ1n) is 6.72. The van der Waals surface area contributed by atoms with Crippen LogP contribution in [-0.2, 0) is 0 Å². The van der Waals surface area contributed by atoms with Gasteiger partial charge in [-0.25, -0.2) is 0 Å². The molecule has 0 aliphatic rings. The molecule has 2 aromatic rings. The van der Waals surface area contributed by atoms with Gasteiger partial charge in [0.15, 0.2) is 0 Å². The fourth-order valence-electron chi connectivity index (χ4n) is 2.14.